The number of rotatable bonds is 12. The SMILES string of the molecule is CC(C)[C@H](NC(=O)[C@@H](O)c1ccccc1)C(=O)N[C@@H](CCCN=C(N)N)C(=O)c1nccs1. The minimum absolute atomic E-state index is 0.0543. The van der Waals surface area contributed by atoms with Crippen LogP contribution in [-0.4, -0.2) is 52.3 Å². The second-order valence-corrected chi connectivity index (χ2v) is 8.65. The molecule has 0 saturated carbocycles. The molecule has 1 aromatic heterocycles. The number of Topliss-reactive ketones (excluding diaryl/α,β-unsaturated/α-hetero) is 1. The Morgan fingerprint density at radius 3 is 2.39 bits per heavy atom. The highest BCUT2D eigenvalue weighted by Gasteiger charge is 2.31. The monoisotopic (exact) mass is 474 g/mol. The lowest BCUT2D eigenvalue weighted by molar-refractivity contribution is -0.135. The fraction of sp³-hybridized carbons (Fsp3) is 0.409. The Labute approximate surface area is 196 Å². The number of nitrogens with one attached hydrogen (secondary N) is 2. The van der Waals surface area contributed by atoms with Gasteiger partial charge in [-0.2, -0.15) is 0 Å². The number of benzene rings is 1. The Morgan fingerprint density at radius 2 is 1.82 bits per heavy atom. The maximum atomic E-state index is 13.1. The van der Waals surface area contributed by atoms with Gasteiger partial charge in [-0.15, -0.1) is 11.3 Å². The molecule has 0 spiro atoms. The van der Waals surface area contributed by atoms with E-state index < -0.39 is 30.0 Å². The van der Waals surface area contributed by atoms with E-state index in [2.05, 4.69) is 20.6 Å². The number of guanidine groups is 1. The highest BCUT2D eigenvalue weighted by atomic mass is 32.1. The van der Waals surface area contributed by atoms with Crippen LogP contribution in [0.2, 0.25) is 0 Å². The molecule has 2 rings (SSSR count). The standard InChI is InChI=1S/C22H30N6O4S/c1-13(2)16(28-20(32)17(29)14-7-4-3-5-8-14)19(31)27-15(9-6-10-26-22(23)24)18(30)21-25-11-12-33-21/h3-5,7-8,11-13,15-17,29H,6,9-10H2,1-2H3,(H,27,31)(H,28,32)(H4,23,24,26)/t15-,16-,17-/m0/s1. The number of hydrogen-bond acceptors (Lipinski definition) is 7. The summed E-state index contributed by atoms with van der Waals surface area (Å²) < 4.78 is 0. The molecule has 10 nitrogen and oxygen atoms in total. The number of carbonyl (C=O) groups is 3. The van der Waals surface area contributed by atoms with Crippen molar-refractivity contribution in [1.29, 1.82) is 0 Å². The molecule has 0 unspecified atom stereocenters. The number of aliphatic imine (C=N–C) groups is 1. The first-order valence-electron chi connectivity index (χ1n) is 10.5. The van der Waals surface area contributed by atoms with Crippen LogP contribution in [0.3, 0.4) is 0 Å². The highest BCUT2D eigenvalue weighted by molar-refractivity contribution is 7.11. The molecule has 0 radical (unpaired) electrons. The van der Waals surface area contributed by atoms with Crippen LogP contribution in [-0.2, 0) is 9.59 Å². The topological polar surface area (TPSA) is 173 Å². The number of nitrogens with two attached hydrogens (primary N) is 2. The molecule has 0 bridgehead atoms. The van der Waals surface area contributed by atoms with Crippen molar-refractivity contribution in [3.63, 3.8) is 0 Å². The molecule has 33 heavy (non-hydrogen) atoms. The lowest BCUT2D eigenvalue weighted by atomic mass is 10.00. The number of amides is 2. The Bertz CT molecular complexity index is 945. The lowest BCUT2D eigenvalue weighted by Gasteiger charge is -2.25. The average molecular weight is 475 g/mol. The van der Waals surface area contributed by atoms with Gasteiger partial charge in [0, 0.05) is 18.1 Å². The van der Waals surface area contributed by atoms with E-state index in [1.54, 1.807) is 49.6 Å². The van der Waals surface area contributed by atoms with Gasteiger partial charge >= 0.3 is 0 Å². The highest BCUT2D eigenvalue weighted by Crippen LogP contribution is 2.15. The smallest absolute Gasteiger partial charge is 0.254 e. The van der Waals surface area contributed by atoms with Crippen molar-refractivity contribution in [2.45, 2.75) is 44.9 Å². The number of aromatic nitrogens is 1. The second-order valence-electron chi connectivity index (χ2n) is 7.75. The number of nitrogens with zero attached hydrogens (tertiary/aromatic N) is 2. The van der Waals surface area contributed by atoms with Crippen LogP contribution in [0.25, 0.3) is 0 Å². The fourth-order valence-corrected chi connectivity index (χ4v) is 3.71. The minimum Gasteiger partial charge on any atom is -0.378 e. The zero-order valence-electron chi connectivity index (χ0n) is 18.6. The van der Waals surface area contributed by atoms with Crippen molar-refractivity contribution in [3.05, 3.63) is 52.5 Å². The van der Waals surface area contributed by atoms with E-state index in [4.69, 9.17) is 11.5 Å². The van der Waals surface area contributed by atoms with Crippen molar-refractivity contribution < 1.29 is 19.5 Å². The molecule has 178 valence electrons. The summed E-state index contributed by atoms with van der Waals surface area (Å²) in [6, 6.07) is 6.59. The molecule has 0 aliphatic rings. The van der Waals surface area contributed by atoms with Gasteiger partial charge in [-0.05, 0) is 24.3 Å². The minimum atomic E-state index is -1.42. The van der Waals surface area contributed by atoms with Gasteiger partial charge in [0.1, 0.15) is 6.04 Å². The van der Waals surface area contributed by atoms with Crippen molar-refractivity contribution in [1.82, 2.24) is 15.6 Å². The molecule has 2 aromatic rings. The first-order chi connectivity index (χ1) is 15.7. The van der Waals surface area contributed by atoms with Gasteiger partial charge in [0.2, 0.25) is 11.7 Å². The largest absolute Gasteiger partial charge is 0.378 e. The van der Waals surface area contributed by atoms with Gasteiger partial charge in [-0.3, -0.25) is 19.4 Å². The summed E-state index contributed by atoms with van der Waals surface area (Å²) in [6.45, 7) is 3.82. The third kappa shape index (κ3) is 7.95. The van der Waals surface area contributed by atoms with Gasteiger partial charge in [-0.25, -0.2) is 4.98 Å². The summed E-state index contributed by atoms with van der Waals surface area (Å²) in [5.74, 6) is -1.92. The maximum Gasteiger partial charge on any atom is 0.254 e. The summed E-state index contributed by atoms with van der Waals surface area (Å²) in [4.78, 5) is 46.5. The first kappa shape index (κ1) is 25.9. The van der Waals surface area contributed by atoms with Crippen molar-refractivity contribution in [3.8, 4) is 0 Å². The Morgan fingerprint density at radius 1 is 1.12 bits per heavy atom. The van der Waals surface area contributed by atoms with Crippen molar-refractivity contribution >= 4 is 34.9 Å². The van der Waals surface area contributed by atoms with Crippen LogP contribution >= 0.6 is 11.3 Å². The number of carbonyl (C=O) groups excluding carboxylic acids is 3. The third-order valence-electron chi connectivity index (χ3n) is 4.83. The van der Waals surface area contributed by atoms with E-state index >= 15 is 0 Å². The normalized spacial score (nSPS) is 13.6. The molecular weight excluding hydrogens is 444 g/mol. The lowest BCUT2D eigenvalue weighted by Crippen LogP contribution is -2.54. The van der Waals surface area contributed by atoms with E-state index in [-0.39, 0.29) is 29.1 Å². The van der Waals surface area contributed by atoms with E-state index in [9.17, 15) is 19.5 Å². The van der Waals surface area contributed by atoms with Crippen LogP contribution in [0.15, 0.2) is 46.9 Å². The van der Waals surface area contributed by atoms with Crippen molar-refractivity contribution in [2.24, 2.45) is 22.4 Å². The van der Waals surface area contributed by atoms with Crippen LogP contribution in [0, 0.1) is 5.92 Å². The van der Waals surface area contributed by atoms with Gasteiger partial charge < -0.3 is 27.2 Å². The summed E-state index contributed by atoms with van der Waals surface area (Å²) in [5, 5.41) is 17.6. The Hall–Kier alpha value is -3.31. The molecule has 11 heteroatoms. The predicted molar refractivity (Wildman–Crippen MR) is 126 cm³/mol. The average Bonchev–Trinajstić information content (AvgIpc) is 3.33. The van der Waals surface area contributed by atoms with Crippen molar-refractivity contribution in [2.75, 3.05) is 6.54 Å². The Balaban J connectivity index is 2.11. The number of hydrogen-bond donors (Lipinski definition) is 5. The first-order valence-corrected chi connectivity index (χ1v) is 11.4. The Kier molecular flexibility index (Phi) is 9.95. The molecule has 1 heterocycles. The molecule has 0 saturated heterocycles. The van der Waals surface area contributed by atoms with Crippen LogP contribution in [0.1, 0.15) is 48.2 Å². The molecule has 2 amide bonds. The summed E-state index contributed by atoms with van der Waals surface area (Å²) in [6.07, 6.45) is 0.823. The number of aliphatic hydroxyl groups excluding tert-OH is 1. The van der Waals surface area contributed by atoms with Crippen LogP contribution < -0.4 is 22.1 Å². The van der Waals surface area contributed by atoms with Crippen LogP contribution in [0.4, 0.5) is 0 Å². The van der Waals surface area contributed by atoms with E-state index in [0.717, 1.165) is 0 Å². The van der Waals surface area contributed by atoms with E-state index in [0.29, 0.717) is 18.5 Å². The number of aliphatic hydroxyl groups is 1. The number of ketones is 1. The third-order valence-corrected chi connectivity index (χ3v) is 5.62. The van der Waals surface area contributed by atoms with E-state index in [1.807, 2.05) is 0 Å². The van der Waals surface area contributed by atoms with Gasteiger partial charge in [0.05, 0.1) is 6.04 Å². The summed E-state index contributed by atoms with van der Waals surface area (Å²) >= 11 is 1.18. The molecule has 7 N–H and O–H groups in total. The molecule has 0 aliphatic heterocycles. The molecular formula is C22H30N6O4S. The van der Waals surface area contributed by atoms with Gasteiger partial charge in [0.15, 0.2) is 17.1 Å². The van der Waals surface area contributed by atoms with E-state index in [1.165, 1.54) is 17.5 Å². The fourth-order valence-electron chi connectivity index (χ4n) is 3.08. The van der Waals surface area contributed by atoms with Gasteiger partial charge in [0.25, 0.3) is 5.91 Å². The van der Waals surface area contributed by atoms with Crippen LogP contribution in [0.5, 0.6) is 0 Å². The molecule has 0 fully saturated rings. The summed E-state index contributed by atoms with van der Waals surface area (Å²) in [5.41, 5.74) is 11.1. The quantitative estimate of drug-likeness (QED) is 0.130. The number of thiazole rings is 1. The maximum absolute atomic E-state index is 13.1. The molecule has 1 aromatic carbocycles. The molecule has 3 atom stereocenters. The summed E-state index contributed by atoms with van der Waals surface area (Å²) in [7, 11) is 0. The zero-order valence-corrected chi connectivity index (χ0v) is 19.4. The molecule has 0 aliphatic carbocycles. The second kappa shape index (κ2) is 12.7. The van der Waals surface area contributed by atoms with Gasteiger partial charge in [-0.1, -0.05) is 44.2 Å². The predicted octanol–water partition coefficient (Wildman–Crippen LogP) is 0.739. The zero-order chi connectivity index (χ0) is 24.4.